The molecule has 100 valence electrons. The quantitative estimate of drug-likeness (QED) is 0.517. The summed E-state index contributed by atoms with van der Waals surface area (Å²) in [6.07, 6.45) is 8.59. The van der Waals surface area contributed by atoms with Crippen LogP contribution in [0.15, 0.2) is 12.3 Å². The van der Waals surface area contributed by atoms with Crippen LogP contribution < -0.4 is 4.74 Å². The number of hydrogen-bond acceptors (Lipinski definition) is 3. The lowest BCUT2D eigenvalue weighted by molar-refractivity contribution is 0.112. The number of nitrogens with zero attached hydrogens (tertiary/aromatic N) is 1. The molecule has 0 fully saturated rings. The minimum atomic E-state index is 0.176. The lowest BCUT2D eigenvalue weighted by Crippen LogP contribution is -2.13. The lowest BCUT2D eigenvalue weighted by atomic mass is 10.1. The van der Waals surface area contributed by atoms with Crippen molar-refractivity contribution in [3.8, 4) is 5.88 Å². The van der Waals surface area contributed by atoms with Crippen molar-refractivity contribution in [3.63, 3.8) is 0 Å². The Kier molecular flexibility index (Phi) is 6.40. The van der Waals surface area contributed by atoms with Gasteiger partial charge in [-0.25, -0.2) is 4.98 Å². The number of rotatable bonds is 8. The molecule has 0 aliphatic carbocycles. The third kappa shape index (κ3) is 4.86. The number of carbonyl (C=O) groups excluding carboxylic acids is 1. The van der Waals surface area contributed by atoms with Gasteiger partial charge in [0.05, 0.1) is 6.10 Å². The highest BCUT2D eigenvalue weighted by Crippen LogP contribution is 2.18. The highest BCUT2D eigenvalue weighted by atomic mass is 16.5. The topological polar surface area (TPSA) is 39.2 Å². The summed E-state index contributed by atoms with van der Waals surface area (Å²) in [5, 5.41) is 0. The van der Waals surface area contributed by atoms with Crippen molar-refractivity contribution in [2.24, 2.45) is 0 Å². The van der Waals surface area contributed by atoms with E-state index in [0.29, 0.717) is 11.4 Å². The van der Waals surface area contributed by atoms with Crippen molar-refractivity contribution in [2.45, 2.75) is 59.0 Å². The van der Waals surface area contributed by atoms with Crippen LogP contribution in [0.5, 0.6) is 5.88 Å². The third-order valence-electron chi connectivity index (χ3n) is 2.96. The lowest BCUT2D eigenvalue weighted by Gasteiger charge is -2.15. The average molecular weight is 249 g/mol. The van der Waals surface area contributed by atoms with Gasteiger partial charge in [-0.2, -0.15) is 0 Å². The average Bonchev–Trinajstić information content (AvgIpc) is 2.37. The molecule has 0 saturated heterocycles. The summed E-state index contributed by atoms with van der Waals surface area (Å²) in [6, 6.07) is 1.80. The van der Waals surface area contributed by atoms with E-state index < -0.39 is 0 Å². The second kappa shape index (κ2) is 7.85. The molecule has 1 unspecified atom stereocenters. The standard InChI is InChI=1S/C15H23NO2/c1-4-5-6-7-8-13(3)18-15-12(2)9-14(11-17)10-16-15/h9-11,13H,4-8H2,1-3H3. The zero-order valence-corrected chi connectivity index (χ0v) is 11.6. The Balaban J connectivity index is 2.43. The predicted molar refractivity (Wildman–Crippen MR) is 73.2 cm³/mol. The van der Waals surface area contributed by atoms with Crippen molar-refractivity contribution in [2.75, 3.05) is 0 Å². The molecule has 0 amide bonds. The molecule has 1 atom stereocenters. The zero-order valence-electron chi connectivity index (χ0n) is 11.6. The fourth-order valence-electron chi connectivity index (χ4n) is 1.88. The number of carbonyl (C=O) groups is 1. The fraction of sp³-hybridized carbons (Fsp3) is 0.600. The molecule has 1 rings (SSSR count). The molecule has 1 aromatic heterocycles. The van der Waals surface area contributed by atoms with Gasteiger partial charge in [0, 0.05) is 17.3 Å². The van der Waals surface area contributed by atoms with Gasteiger partial charge in [0.2, 0.25) is 5.88 Å². The summed E-state index contributed by atoms with van der Waals surface area (Å²) >= 11 is 0. The zero-order chi connectivity index (χ0) is 13.4. The summed E-state index contributed by atoms with van der Waals surface area (Å²) in [7, 11) is 0. The molecule has 1 aromatic rings. The molecule has 0 saturated carbocycles. The van der Waals surface area contributed by atoms with Gasteiger partial charge in [-0.3, -0.25) is 4.79 Å². The van der Waals surface area contributed by atoms with Crippen LogP contribution in [-0.4, -0.2) is 17.4 Å². The van der Waals surface area contributed by atoms with Crippen LogP contribution in [0.3, 0.4) is 0 Å². The molecule has 0 aliphatic rings. The predicted octanol–water partition coefficient (Wildman–Crippen LogP) is 3.94. The number of pyridine rings is 1. The molecule has 0 spiro atoms. The minimum absolute atomic E-state index is 0.176. The van der Waals surface area contributed by atoms with Gasteiger partial charge in [0.1, 0.15) is 0 Å². The molecule has 1 heterocycles. The second-order valence-electron chi connectivity index (χ2n) is 4.79. The number of aromatic nitrogens is 1. The van der Waals surface area contributed by atoms with E-state index in [-0.39, 0.29) is 6.10 Å². The number of hydrogen-bond donors (Lipinski definition) is 0. The summed E-state index contributed by atoms with van der Waals surface area (Å²) < 4.78 is 5.80. The van der Waals surface area contributed by atoms with E-state index in [0.717, 1.165) is 18.3 Å². The summed E-state index contributed by atoms with van der Waals surface area (Å²) in [5.41, 5.74) is 1.51. The molecular formula is C15H23NO2. The van der Waals surface area contributed by atoms with Gasteiger partial charge in [0.25, 0.3) is 0 Å². The maximum Gasteiger partial charge on any atom is 0.216 e. The number of aryl methyl sites for hydroxylation is 1. The molecule has 0 N–H and O–H groups in total. The molecular weight excluding hydrogens is 226 g/mol. The first kappa shape index (κ1) is 14.7. The van der Waals surface area contributed by atoms with Crippen molar-refractivity contribution in [1.29, 1.82) is 0 Å². The van der Waals surface area contributed by atoms with Crippen LogP contribution in [0.25, 0.3) is 0 Å². The molecule has 18 heavy (non-hydrogen) atoms. The Labute approximate surface area is 110 Å². The van der Waals surface area contributed by atoms with Crippen LogP contribution >= 0.6 is 0 Å². The minimum Gasteiger partial charge on any atom is -0.474 e. The molecule has 3 heteroatoms. The first-order valence-electron chi connectivity index (χ1n) is 6.75. The van der Waals surface area contributed by atoms with E-state index in [1.165, 1.54) is 25.7 Å². The fourth-order valence-corrected chi connectivity index (χ4v) is 1.88. The van der Waals surface area contributed by atoms with E-state index >= 15 is 0 Å². The van der Waals surface area contributed by atoms with E-state index in [4.69, 9.17) is 4.74 Å². The Morgan fingerprint density at radius 2 is 2.17 bits per heavy atom. The number of ether oxygens (including phenoxy) is 1. The van der Waals surface area contributed by atoms with Gasteiger partial charge in [0.15, 0.2) is 6.29 Å². The van der Waals surface area contributed by atoms with E-state index in [2.05, 4.69) is 18.8 Å². The second-order valence-corrected chi connectivity index (χ2v) is 4.79. The Morgan fingerprint density at radius 1 is 1.39 bits per heavy atom. The highest BCUT2D eigenvalue weighted by molar-refractivity contribution is 5.74. The smallest absolute Gasteiger partial charge is 0.216 e. The highest BCUT2D eigenvalue weighted by Gasteiger charge is 2.08. The summed E-state index contributed by atoms with van der Waals surface area (Å²) in [5.74, 6) is 0.642. The Morgan fingerprint density at radius 3 is 2.78 bits per heavy atom. The van der Waals surface area contributed by atoms with Crippen molar-refractivity contribution >= 4 is 6.29 Å². The molecule has 3 nitrogen and oxygen atoms in total. The third-order valence-corrected chi connectivity index (χ3v) is 2.96. The van der Waals surface area contributed by atoms with Crippen LogP contribution in [0.1, 0.15) is 61.9 Å². The van der Waals surface area contributed by atoms with E-state index in [9.17, 15) is 4.79 Å². The van der Waals surface area contributed by atoms with Gasteiger partial charge >= 0.3 is 0 Å². The van der Waals surface area contributed by atoms with E-state index in [1.807, 2.05) is 6.92 Å². The van der Waals surface area contributed by atoms with E-state index in [1.54, 1.807) is 12.3 Å². The molecule has 0 bridgehead atoms. The Hall–Kier alpha value is -1.38. The first-order chi connectivity index (χ1) is 8.67. The summed E-state index contributed by atoms with van der Waals surface area (Å²) in [4.78, 5) is 14.8. The number of unbranched alkanes of at least 4 members (excludes halogenated alkanes) is 3. The largest absolute Gasteiger partial charge is 0.474 e. The van der Waals surface area contributed by atoms with Gasteiger partial charge in [-0.15, -0.1) is 0 Å². The van der Waals surface area contributed by atoms with Crippen LogP contribution in [0, 0.1) is 6.92 Å². The Bertz CT molecular complexity index is 377. The normalized spacial score (nSPS) is 12.2. The first-order valence-corrected chi connectivity index (χ1v) is 6.75. The molecule has 0 aliphatic heterocycles. The maximum absolute atomic E-state index is 10.6. The van der Waals surface area contributed by atoms with Crippen LogP contribution in [-0.2, 0) is 0 Å². The van der Waals surface area contributed by atoms with Crippen LogP contribution in [0.4, 0.5) is 0 Å². The maximum atomic E-state index is 10.6. The summed E-state index contributed by atoms with van der Waals surface area (Å²) in [6.45, 7) is 6.20. The van der Waals surface area contributed by atoms with Crippen LogP contribution in [0.2, 0.25) is 0 Å². The van der Waals surface area contributed by atoms with Gasteiger partial charge in [-0.05, 0) is 32.8 Å². The van der Waals surface area contributed by atoms with Crippen molar-refractivity contribution < 1.29 is 9.53 Å². The molecule has 0 radical (unpaired) electrons. The van der Waals surface area contributed by atoms with Crippen molar-refractivity contribution in [3.05, 3.63) is 23.4 Å². The number of aldehydes is 1. The molecule has 0 aromatic carbocycles. The van der Waals surface area contributed by atoms with Gasteiger partial charge < -0.3 is 4.74 Å². The van der Waals surface area contributed by atoms with Gasteiger partial charge in [-0.1, -0.05) is 26.2 Å². The monoisotopic (exact) mass is 249 g/mol. The van der Waals surface area contributed by atoms with Crippen molar-refractivity contribution in [1.82, 2.24) is 4.98 Å². The SMILES string of the molecule is CCCCCCC(C)Oc1ncc(C=O)cc1C.